The highest BCUT2D eigenvalue weighted by molar-refractivity contribution is 6.08. The van der Waals surface area contributed by atoms with Crippen molar-refractivity contribution in [3.8, 4) is 0 Å². The van der Waals surface area contributed by atoms with Gasteiger partial charge in [-0.1, -0.05) is 12.6 Å². The molecule has 0 spiro atoms. The van der Waals surface area contributed by atoms with Crippen LogP contribution < -0.4 is 5.32 Å². The number of carbonyl (C=O) groups is 1. The normalized spacial score (nSPS) is 19.1. The van der Waals surface area contributed by atoms with E-state index >= 15 is 0 Å². The van der Waals surface area contributed by atoms with Crippen molar-refractivity contribution in [2.24, 2.45) is 0 Å². The summed E-state index contributed by atoms with van der Waals surface area (Å²) < 4.78 is 5.66. The van der Waals surface area contributed by atoms with Crippen molar-refractivity contribution in [2.45, 2.75) is 18.8 Å². The lowest BCUT2D eigenvalue weighted by molar-refractivity contribution is -0.122. The van der Waals surface area contributed by atoms with Crippen LogP contribution in [-0.4, -0.2) is 10.9 Å². The summed E-state index contributed by atoms with van der Waals surface area (Å²) in [4.78, 5) is 16.6. The van der Waals surface area contributed by atoms with Gasteiger partial charge in [0.1, 0.15) is 5.58 Å². The second-order valence-corrected chi connectivity index (χ2v) is 5.38. The Bertz CT molecular complexity index is 879. The maximum absolute atomic E-state index is 12.3. The summed E-state index contributed by atoms with van der Waals surface area (Å²) in [5, 5.41) is 4.86. The monoisotopic (exact) mass is 278 g/mol. The zero-order valence-corrected chi connectivity index (χ0v) is 11.4. The molecular weight excluding hydrogens is 264 g/mol. The van der Waals surface area contributed by atoms with Crippen molar-refractivity contribution >= 4 is 27.8 Å². The molecule has 1 atom stereocenters. The van der Waals surface area contributed by atoms with Gasteiger partial charge in [0.25, 0.3) is 0 Å². The molecule has 4 rings (SSSR count). The minimum atomic E-state index is -0.192. The summed E-state index contributed by atoms with van der Waals surface area (Å²) >= 11 is 0. The Morgan fingerprint density at radius 3 is 3.10 bits per heavy atom. The number of amides is 1. The number of aromatic nitrogens is 1. The summed E-state index contributed by atoms with van der Waals surface area (Å²) in [5.74, 6) is -0.197. The smallest absolute Gasteiger partial charge is 0.231 e. The minimum Gasteiger partial charge on any atom is -0.464 e. The summed E-state index contributed by atoms with van der Waals surface area (Å²) in [5.41, 5.74) is 3.43. The van der Waals surface area contributed by atoms with Gasteiger partial charge in [-0.05, 0) is 31.0 Å². The fraction of sp³-hybridized carbons (Fsp3) is 0.176. The molecule has 1 N–H and O–H groups in total. The molecule has 1 saturated heterocycles. The number of rotatable bonds is 1. The molecule has 4 heteroatoms. The zero-order chi connectivity index (χ0) is 14.4. The molecular formula is C17H14N2O2. The third kappa shape index (κ3) is 1.83. The SMILES string of the molecule is C=C1CC[C@@H](c2coc3ccc4ncccc4c23)C(=O)N1. The van der Waals surface area contributed by atoms with Gasteiger partial charge in [-0.25, -0.2) is 0 Å². The van der Waals surface area contributed by atoms with Crippen molar-refractivity contribution in [3.05, 3.63) is 54.6 Å². The Labute approximate surface area is 121 Å². The topological polar surface area (TPSA) is 55.1 Å². The molecule has 0 saturated carbocycles. The van der Waals surface area contributed by atoms with Crippen LogP contribution in [0.25, 0.3) is 21.9 Å². The summed E-state index contributed by atoms with van der Waals surface area (Å²) in [6.07, 6.45) is 5.03. The number of furan rings is 1. The fourth-order valence-corrected chi connectivity index (χ4v) is 3.04. The van der Waals surface area contributed by atoms with Gasteiger partial charge in [-0.2, -0.15) is 0 Å². The molecule has 21 heavy (non-hydrogen) atoms. The number of nitrogens with zero attached hydrogens (tertiary/aromatic N) is 1. The number of nitrogens with one attached hydrogen (secondary N) is 1. The Balaban J connectivity index is 1.95. The average molecular weight is 278 g/mol. The maximum Gasteiger partial charge on any atom is 0.231 e. The molecule has 0 unspecified atom stereocenters. The van der Waals surface area contributed by atoms with Crippen molar-refractivity contribution in [3.63, 3.8) is 0 Å². The summed E-state index contributed by atoms with van der Waals surface area (Å²) in [6.45, 7) is 3.83. The number of benzene rings is 1. The van der Waals surface area contributed by atoms with E-state index in [2.05, 4.69) is 16.9 Å². The number of pyridine rings is 1. The lowest BCUT2D eigenvalue weighted by atomic mass is 9.88. The summed E-state index contributed by atoms with van der Waals surface area (Å²) in [7, 11) is 0. The number of hydrogen-bond donors (Lipinski definition) is 1. The average Bonchev–Trinajstić information content (AvgIpc) is 2.91. The molecule has 0 bridgehead atoms. The first-order valence-electron chi connectivity index (χ1n) is 6.97. The number of allylic oxidation sites excluding steroid dienone is 1. The quantitative estimate of drug-likeness (QED) is 0.741. The van der Waals surface area contributed by atoms with Gasteiger partial charge in [-0.3, -0.25) is 9.78 Å². The minimum absolute atomic E-state index is 0.00477. The molecule has 2 aromatic heterocycles. The van der Waals surface area contributed by atoms with E-state index in [1.54, 1.807) is 12.5 Å². The van der Waals surface area contributed by atoms with Crippen LogP contribution in [0.3, 0.4) is 0 Å². The molecule has 104 valence electrons. The largest absolute Gasteiger partial charge is 0.464 e. The van der Waals surface area contributed by atoms with Crippen molar-refractivity contribution in [1.29, 1.82) is 0 Å². The molecule has 3 aromatic rings. The molecule has 1 aliphatic heterocycles. The molecule has 1 fully saturated rings. The van der Waals surface area contributed by atoms with Crippen molar-refractivity contribution in [2.75, 3.05) is 0 Å². The van der Waals surface area contributed by atoms with E-state index in [1.807, 2.05) is 24.3 Å². The van der Waals surface area contributed by atoms with Crippen LogP contribution in [0.15, 0.2) is 53.4 Å². The predicted octanol–water partition coefficient (Wildman–Crippen LogP) is 3.49. The van der Waals surface area contributed by atoms with Gasteiger partial charge < -0.3 is 9.73 Å². The van der Waals surface area contributed by atoms with Crippen LogP contribution in [0, 0.1) is 0 Å². The second kappa shape index (κ2) is 4.45. The third-order valence-corrected chi connectivity index (χ3v) is 4.08. The van der Waals surface area contributed by atoms with E-state index in [4.69, 9.17) is 4.42 Å². The molecule has 4 nitrogen and oxygen atoms in total. The first-order valence-corrected chi connectivity index (χ1v) is 6.97. The maximum atomic E-state index is 12.3. The number of hydrogen-bond acceptors (Lipinski definition) is 3. The molecule has 1 aromatic carbocycles. The van der Waals surface area contributed by atoms with E-state index in [1.165, 1.54) is 0 Å². The molecule has 1 aliphatic rings. The number of piperidine rings is 1. The van der Waals surface area contributed by atoms with Gasteiger partial charge in [0.15, 0.2) is 0 Å². The fourth-order valence-electron chi connectivity index (χ4n) is 3.04. The van der Waals surface area contributed by atoms with Crippen LogP contribution in [0.5, 0.6) is 0 Å². The zero-order valence-electron chi connectivity index (χ0n) is 11.4. The van der Waals surface area contributed by atoms with Crippen LogP contribution in [0.2, 0.25) is 0 Å². The summed E-state index contributed by atoms with van der Waals surface area (Å²) in [6, 6.07) is 7.77. The predicted molar refractivity (Wildman–Crippen MR) is 80.8 cm³/mol. The van der Waals surface area contributed by atoms with E-state index in [-0.39, 0.29) is 11.8 Å². The van der Waals surface area contributed by atoms with Gasteiger partial charge >= 0.3 is 0 Å². The van der Waals surface area contributed by atoms with Crippen LogP contribution in [0.4, 0.5) is 0 Å². The molecule has 0 radical (unpaired) electrons. The van der Waals surface area contributed by atoms with Crippen LogP contribution in [-0.2, 0) is 4.79 Å². The van der Waals surface area contributed by atoms with E-state index in [9.17, 15) is 4.79 Å². The van der Waals surface area contributed by atoms with Crippen LogP contribution in [0.1, 0.15) is 24.3 Å². The van der Waals surface area contributed by atoms with Gasteiger partial charge in [0, 0.05) is 28.2 Å². The second-order valence-electron chi connectivity index (χ2n) is 5.38. The Hall–Kier alpha value is -2.62. The lowest BCUT2D eigenvalue weighted by Crippen LogP contribution is -2.33. The lowest BCUT2D eigenvalue weighted by Gasteiger charge is -2.23. The number of fused-ring (bicyclic) bond motifs is 3. The molecule has 3 heterocycles. The highest BCUT2D eigenvalue weighted by Gasteiger charge is 2.29. The van der Waals surface area contributed by atoms with E-state index < -0.39 is 0 Å². The van der Waals surface area contributed by atoms with Crippen LogP contribution >= 0.6 is 0 Å². The highest BCUT2D eigenvalue weighted by Crippen LogP contribution is 2.36. The Kier molecular flexibility index (Phi) is 2.57. The first kappa shape index (κ1) is 12.1. The molecule has 0 aliphatic carbocycles. The molecule has 1 amide bonds. The van der Waals surface area contributed by atoms with Crippen molar-refractivity contribution < 1.29 is 9.21 Å². The Morgan fingerprint density at radius 1 is 1.33 bits per heavy atom. The highest BCUT2D eigenvalue weighted by atomic mass is 16.3. The van der Waals surface area contributed by atoms with Crippen molar-refractivity contribution in [1.82, 2.24) is 10.3 Å². The van der Waals surface area contributed by atoms with Gasteiger partial charge in [0.05, 0.1) is 17.7 Å². The Morgan fingerprint density at radius 2 is 2.24 bits per heavy atom. The van der Waals surface area contributed by atoms with Gasteiger partial charge in [0.2, 0.25) is 5.91 Å². The van der Waals surface area contributed by atoms with E-state index in [0.717, 1.165) is 46.0 Å². The first-order chi connectivity index (χ1) is 10.2. The standard InChI is InChI=1S/C17H14N2O2/c1-10-4-5-11(17(20)19-10)13-9-21-15-7-6-14-12(16(13)15)3-2-8-18-14/h2-3,6-9,11H,1,4-5H2,(H,19,20)/t11-/m0/s1. The number of carbonyl (C=O) groups excluding carboxylic acids is 1. The third-order valence-electron chi connectivity index (χ3n) is 4.08. The van der Waals surface area contributed by atoms with Gasteiger partial charge in [-0.15, -0.1) is 0 Å². The van der Waals surface area contributed by atoms with E-state index in [0.29, 0.717) is 0 Å².